The van der Waals surface area contributed by atoms with Crippen LogP contribution in [0.25, 0.3) is 11.6 Å². The summed E-state index contributed by atoms with van der Waals surface area (Å²) in [7, 11) is -2.99. The number of fused-ring (bicyclic) bond motifs is 1. The number of hydrogen-bond acceptors (Lipinski definition) is 14. The number of H-pyrrole nitrogens is 1. The Bertz CT molecular complexity index is 1640. The average molecular weight is 875 g/mol. The van der Waals surface area contributed by atoms with E-state index >= 15 is 0 Å². The van der Waals surface area contributed by atoms with E-state index in [0.717, 1.165) is 18.0 Å². The molecule has 3 N–H and O–H groups in total. The van der Waals surface area contributed by atoms with Gasteiger partial charge in [0.15, 0.2) is 0 Å². The van der Waals surface area contributed by atoms with Gasteiger partial charge in [-0.15, -0.1) is 0 Å². The Morgan fingerprint density at radius 1 is 0.817 bits per heavy atom. The SMILES string of the molecule is CCN(CC)CCNC(=O)c1c(C)[nH]c(/C=C2\C(=O)N(COP(=O)(O)OCCOCCOCCOCCOCCOCCOCCOCCOC)c3ccc(F)cc32)c1C. The maximum Gasteiger partial charge on any atom is 0.474 e. The van der Waals surface area contributed by atoms with Crippen LogP contribution < -0.4 is 10.2 Å². The highest BCUT2D eigenvalue weighted by Crippen LogP contribution is 2.45. The maximum absolute atomic E-state index is 14.4. The zero-order valence-corrected chi connectivity index (χ0v) is 36.5. The molecule has 0 saturated heterocycles. The number of aryl methyl sites for hydroxylation is 1. The quantitative estimate of drug-likeness (QED) is 0.0516. The van der Waals surface area contributed by atoms with E-state index in [1.54, 1.807) is 21.0 Å². The Balaban J connectivity index is 1.29. The molecule has 2 heterocycles. The number of likely N-dealkylation sites (N-methyl/N-ethyl adjacent to an activating group) is 1. The molecule has 18 nitrogen and oxygen atoms in total. The fourth-order valence-electron chi connectivity index (χ4n) is 5.90. The van der Waals surface area contributed by atoms with Crippen molar-refractivity contribution in [1.29, 1.82) is 0 Å². The van der Waals surface area contributed by atoms with Gasteiger partial charge in [-0.1, -0.05) is 13.8 Å². The predicted molar refractivity (Wildman–Crippen MR) is 221 cm³/mol. The van der Waals surface area contributed by atoms with Crippen LogP contribution in [0.2, 0.25) is 0 Å². The van der Waals surface area contributed by atoms with Crippen molar-refractivity contribution in [2.24, 2.45) is 0 Å². The van der Waals surface area contributed by atoms with Crippen LogP contribution >= 0.6 is 7.82 Å². The lowest BCUT2D eigenvalue weighted by molar-refractivity contribution is -0.113. The first-order valence-corrected chi connectivity index (χ1v) is 21.7. The number of carbonyl (C=O) groups excluding carboxylic acids is 2. The van der Waals surface area contributed by atoms with Gasteiger partial charge in [-0.05, 0) is 56.8 Å². The van der Waals surface area contributed by atoms with Crippen molar-refractivity contribution in [1.82, 2.24) is 15.2 Å². The smallest absolute Gasteiger partial charge is 0.382 e. The van der Waals surface area contributed by atoms with E-state index in [4.69, 9.17) is 46.9 Å². The molecule has 20 heteroatoms. The first kappa shape index (κ1) is 51.2. The molecule has 1 aliphatic heterocycles. The highest BCUT2D eigenvalue weighted by Gasteiger charge is 2.35. The van der Waals surface area contributed by atoms with Crippen molar-refractivity contribution in [3.8, 4) is 0 Å². The number of benzene rings is 1. The molecular formula is C40H64FN4O14P. The van der Waals surface area contributed by atoms with E-state index in [2.05, 4.69) is 29.0 Å². The number of nitrogens with one attached hydrogen (secondary N) is 2. The Labute approximate surface area is 352 Å². The summed E-state index contributed by atoms with van der Waals surface area (Å²) in [6, 6.07) is 3.76. The van der Waals surface area contributed by atoms with Crippen molar-refractivity contribution >= 4 is 37.0 Å². The second kappa shape index (κ2) is 29.2. The lowest BCUT2D eigenvalue weighted by Gasteiger charge is -2.19. The number of carbonyl (C=O) groups is 2. The first-order valence-electron chi connectivity index (χ1n) is 20.2. The minimum atomic E-state index is -4.62. The van der Waals surface area contributed by atoms with E-state index in [0.29, 0.717) is 115 Å². The zero-order chi connectivity index (χ0) is 43.6. The topological polar surface area (TPSA) is 198 Å². The highest BCUT2D eigenvalue weighted by molar-refractivity contribution is 7.47. The van der Waals surface area contributed by atoms with Crippen LogP contribution in [0.4, 0.5) is 10.1 Å². The molecule has 1 atom stereocenters. The normalized spacial score (nSPS) is 14.4. The molecule has 0 saturated carbocycles. The molecule has 0 spiro atoms. The number of halogens is 1. The lowest BCUT2D eigenvalue weighted by Crippen LogP contribution is -2.35. The van der Waals surface area contributed by atoms with E-state index in [-0.39, 0.29) is 49.2 Å². The summed E-state index contributed by atoms with van der Waals surface area (Å²) in [6.45, 7) is 15.7. The summed E-state index contributed by atoms with van der Waals surface area (Å²) in [4.78, 5) is 43.5. The number of nitrogens with zero attached hydrogens (tertiary/aromatic N) is 2. The summed E-state index contributed by atoms with van der Waals surface area (Å²) in [5, 5.41) is 2.95. The maximum atomic E-state index is 14.4. The molecule has 1 aliphatic rings. The second-order valence-corrected chi connectivity index (χ2v) is 14.7. The molecule has 3 rings (SSSR count). The molecule has 60 heavy (non-hydrogen) atoms. The van der Waals surface area contributed by atoms with Gasteiger partial charge in [0.2, 0.25) is 0 Å². The van der Waals surface area contributed by atoms with Gasteiger partial charge in [-0.3, -0.25) is 23.5 Å². The summed E-state index contributed by atoms with van der Waals surface area (Å²) in [6.07, 6.45) is 1.54. The van der Waals surface area contributed by atoms with Crippen LogP contribution in [0, 0.1) is 19.7 Å². The Kier molecular flexibility index (Phi) is 24.9. The number of methoxy groups -OCH3 is 1. The van der Waals surface area contributed by atoms with Gasteiger partial charge in [-0.2, -0.15) is 0 Å². The molecule has 1 aromatic heterocycles. The number of phosphoric acid groups is 1. The van der Waals surface area contributed by atoms with Crippen LogP contribution in [0.15, 0.2) is 18.2 Å². The number of anilines is 1. The van der Waals surface area contributed by atoms with Crippen molar-refractivity contribution in [2.45, 2.75) is 27.7 Å². The van der Waals surface area contributed by atoms with Crippen molar-refractivity contribution in [3.63, 3.8) is 0 Å². The third-order valence-electron chi connectivity index (χ3n) is 9.11. The number of rotatable bonds is 35. The average Bonchev–Trinajstić information content (AvgIpc) is 3.65. The Morgan fingerprint density at radius 3 is 1.82 bits per heavy atom. The summed E-state index contributed by atoms with van der Waals surface area (Å²) in [5.74, 6) is -1.42. The molecule has 340 valence electrons. The molecule has 0 radical (unpaired) electrons. The van der Waals surface area contributed by atoms with Gasteiger partial charge in [0.25, 0.3) is 11.8 Å². The van der Waals surface area contributed by atoms with Gasteiger partial charge in [-0.25, -0.2) is 8.96 Å². The Hall–Kier alpha value is -3.14. The zero-order valence-electron chi connectivity index (χ0n) is 35.6. The minimum Gasteiger partial charge on any atom is -0.382 e. The van der Waals surface area contributed by atoms with Gasteiger partial charge in [0.05, 0.1) is 123 Å². The number of hydrogen-bond donors (Lipinski definition) is 3. The van der Waals surface area contributed by atoms with E-state index < -0.39 is 26.3 Å². The van der Waals surface area contributed by atoms with Gasteiger partial charge in [0.1, 0.15) is 12.5 Å². The van der Waals surface area contributed by atoms with Crippen molar-refractivity contribution < 1.29 is 70.4 Å². The van der Waals surface area contributed by atoms with Crippen LogP contribution in [0.3, 0.4) is 0 Å². The number of aromatic amines is 1. The molecule has 2 amide bonds. The van der Waals surface area contributed by atoms with Crippen molar-refractivity contribution in [3.05, 3.63) is 52.1 Å². The summed E-state index contributed by atoms with van der Waals surface area (Å²) in [5.41, 5.74) is 2.82. The largest absolute Gasteiger partial charge is 0.474 e. The second-order valence-electron chi connectivity index (χ2n) is 13.2. The van der Waals surface area contributed by atoms with Gasteiger partial charge in [0, 0.05) is 37.2 Å². The molecule has 1 unspecified atom stereocenters. The number of aromatic nitrogens is 1. The number of ether oxygens (including phenoxy) is 8. The van der Waals surface area contributed by atoms with Crippen LogP contribution in [0.5, 0.6) is 0 Å². The summed E-state index contributed by atoms with van der Waals surface area (Å²) < 4.78 is 80.1. The van der Waals surface area contributed by atoms with E-state index in [1.165, 1.54) is 24.3 Å². The lowest BCUT2D eigenvalue weighted by atomic mass is 10.0. The first-order chi connectivity index (χ1) is 29.0. The highest BCUT2D eigenvalue weighted by atomic mass is 31.2. The number of amides is 2. The molecule has 1 aromatic carbocycles. The predicted octanol–water partition coefficient (Wildman–Crippen LogP) is 3.58. The van der Waals surface area contributed by atoms with Gasteiger partial charge >= 0.3 is 7.82 Å². The number of phosphoric ester groups is 1. The molecular weight excluding hydrogens is 810 g/mol. The summed E-state index contributed by atoms with van der Waals surface area (Å²) >= 11 is 0. The van der Waals surface area contributed by atoms with Crippen LogP contribution in [-0.4, -0.2) is 172 Å². The van der Waals surface area contributed by atoms with Crippen molar-refractivity contribution in [2.75, 3.05) is 151 Å². The van der Waals surface area contributed by atoms with Crippen LogP contribution in [-0.2, 0) is 56.3 Å². The Morgan fingerprint density at radius 2 is 1.32 bits per heavy atom. The van der Waals surface area contributed by atoms with E-state index in [1.807, 2.05) is 0 Å². The monoisotopic (exact) mass is 874 g/mol. The minimum absolute atomic E-state index is 0.0192. The van der Waals surface area contributed by atoms with Crippen LogP contribution in [0.1, 0.15) is 46.7 Å². The third kappa shape index (κ3) is 18.5. The third-order valence-corrected chi connectivity index (χ3v) is 10.1. The van der Waals surface area contributed by atoms with E-state index in [9.17, 15) is 23.4 Å². The molecule has 0 bridgehead atoms. The fourth-order valence-corrected chi connectivity index (χ4v) is 6.54. The molecule has 0 aliphatic carbocycles. The molecule has 2 aromatic rings. The fraction of sp³-hybridized carbons (Fsp3) is 0.650. The van der Waals surface area contributed by atoms with Gasteiger partial charge < -0.3 is 58.0 Å². The molecule has 0 fully saturated rings. The standard InChI is InChI=1S/C40H64FN4O14P/c1-6-44(7-2)11-10-42-39(46)38-31(3)36(43-32(38)4)29-35-34-28-33(41)8-9-37(34)45(40(35)47)30-59-60(48,49)58-27-26-57-25-24-56-23-22-55-21-20-54-19-18-53-17-16-52-15-14-51-13-12-50-5/h8-9,28-29,43H,6-7,10-27,30H2,1-5H3,(H,42,46)(H,48,49)/b35-29-.